The van der Waals surface area contributed by atoms with Gasteiger partial charge in [0.2, 0.25) is 11.9 Å². The zero-order valence-corrected chi connectivity index (χ0v) is 22.7. The number of aromatic nitrogens is 7. The fraction of sp³-hybridized carbons (Fsp3) is 0.417. The van der Waals surface area contributed by atoms with Crippen LogP contribution in [0.2, 0.25) is 0 Å². The number of rotatable bonds is 10. The Balaban J connectivity index is 1.57. The molecule has 1 amide bonds. The highest BCUT2D eigenvalue weighted by Gasteiger charge is 2.24. The highest BCUT2D eigenvalue weighted by atomic mass is 32.1. The maximum Gasteiger partial charge on any atom is 0.332 e. The Hall–Kier alpha value is -4.20. The number of ketones is 1. The average molecular weight is 540 g/mol. The predicted molar refractivity (Wildman–Crippen MR) is 145 cm³/mol. The van der Waals surface area contributed by atoms with Crippen molar-refractivity contribution in [2.45, 2.75) is 46.7 Å². The number of amides is 1. The number of aryl methyl sites for hydroxylation is 1. The highest BCUT2D eigenvalue weighted by molar-refractivity contribution is 7.13. The summed E-state index contributed by atoms with van der Waals surface area (Å²) < 4.78 is 3.46. The summed E-state index contributed by atoms with van der Waals surface area (Å²) in [5.74, 6) is 0.296. The molecular formula is C24H29N9O4S. The minimum atomic E-state index is -0.859. The number of nitrogens with one attached hydrogen (secondary N) is 1. The van der Waals surface area contributed by atoms with E-state index in [9.17, 15) is 19.2 Å². The van der Waals surface area contributed by atoms with Gasteiger partial charge in [0.05, 0.1) is 12.9 Å². The first kappa shape index (κ1) is 26.9. The summed E-state index contributed by atoms with van der Waals surface area (Å²) in [5.41, 5.74) is -0.405. The Bertz CT molecular complexity index is 1600. The molecule has 0 aliphatic rings. The molecule has 1 atom stereocenters. The Kier molecular flexibility index (Phi) is 7.80. The van der Waals surface area contributed by atoms with Crippen molar-refractivity contribution in [1.29, 1.82) is 0 Å². The fourth-order valence-corrected chi connectivity index (χ4v) is 4.66. The Labute approximate surface area is 221 Å². The first-order valence-corrected chi connectivity index (χ1v) is 13.1. The maximum absolute atomic E-state index is 13.2. The summed E-state index contributed by atoms with van der Waals surface area (Å²) in [5, 5.41) is 5.12. The summed E-state index contributed by atoms with van der Waals surface area (Å²) in [6.07, 6.45) is 4.92. The number of nitrogens with zero attached hydrogens (tertiary/aromatic N) is 8. The number of Topliss-reactive ketones (excluding diaryl/α,β-unsaturated/α-hetero) is 1. The molecule has 0 aliphatic carbocycles. The molecule has 4 aromatic rings. The van der Waals surface area contributed by atoms with E-state index in [-0.39, 0.29) is 29.9 Å². The summed E-state index contributed by atoms with van der Waals surface area (Å²) in [6, 6.07) is -0.859. The van der Waals surface area contributed by atoms with Gasteiger partial charge in [-0.3, -0.25) is 23.5 Å². The second-order valence-corrected chi connectivity index (χ2v) is 9.45. The maximum atomic E-state index is 13.2. The molecule has 0 spiro atoms. The molecule has 4 heterocycles. The van der Waals surface area contributed by atoms with Crippen molar-refractivity contribution in [3.63, 3.8) is 0 Å². The van der Waals surface area contributed by atoms with Crippen molar-refractivity contribution in [1.82, 2.24) is 33.6 Å². The third-order valence-electron chi connectivity index (χ3n) is 6.27. The third kappa shape index (κ3) is 4.98. The minimum absolute atomic E-state index is 0.0584. The van der Waals surface area contributed by atoms with Crippen LogP contribution >= 0.6 is 11.3 Å². The number of fused-ring (bicyclic) bond motifs is 1. The number of carbonyl (C=O) groups is 2. The van der Waals surface area contributed by atoms with Gasteiger partial charge >= 0.3 is 5.69 Å². The lowest BCUT2D eigenvalue weighted by Gasteiger charge is -2.17. The lowest BCUT2D eigenvalue weighted by Crippen LogP contribution is -2.41. The van der Waals surface area contributed by atoms with Crippen molar-refractivity contribution in [3.8, 4) is 10.6 Å². The van der Waals surface area contributed by atoms with Gasteiger partial charge < -0.3 is 14.8 Å². The number of carbonyl (C=O) groups excluding carboxylic acids is 2. The van der Waals surface area contributed by atoms with Crippen LogP contribution in [0.15, 0.2) is 33.7 Å². The Morgan fingerprint density at radius 1 is 1.11 bits per heavy atom. The molecule has 1 unspecified atom stereocenters. The molecular weight excluding hydrogens is 510 g/mol. The van der Waals surface area contributed by atoms with Gasteiger partial charge in [0.15, 0.2) is 16.9 Å². The van der Waals surface area contributed by atoms with E-state index >= 15 is 0 Å². The summed E-state index contributed by atoms with van der Waals surface area (Å²) >= 11 is 1.34. The minimum Gasteiger partial charge on any atom is -0.341 e. The van der Waals surface area contributed by atoms with Crippen LogP contribution in [0.25, 0.3) is 21.7 Å². The molecule has 0 bridgehead atoms. The lowest BCUT2D eigenvalue weighted by atomic mass is 10.3. The van der Waals surface area contributed by atoms with Gasteiger partial charge in [-0.15, -0.1) is 11.3 Å². The van der Waals surface area contributed by atoms with Crippen LogP contribution in [0.5, 0.6) is 0 Å². The quantitative estimate of drug-likeness (QED) is 0.318. The monoisotopic (exact) mass is 539 g/mol. The van der Waals surface area contributed by atoms with Gasteiger partial charge in [0.25, 0.3) is 5.56 Å². The molecule has 0 aromatic carbocycles. The molecule has 200 valence electrons. The molecule has 0 saturated heterocycles. The molecule has 1 N–H and O–H groups in total. The number of thiazole rings is 1. The largest absolute Gasteiger partial charge is 0.341 e. The molecule has 0 saturated carbocycles. The Morgan fingerprint density at radius 2 is 1.79 bits per heavy atom. The number of anilines is 2. The molecule has 4 rings (SSSR count). The second-order valence-electron chi connectivity index (χ2n) is 8.60. The molecule has 14 heteroatoms. The van der Waals surface area contributed by atoms with Crippen LogP contribution in [-0.4, -0.2) is 58.4 Å². The first-order valence-electron chi connectivity index (χ1n) is 12.2. The van der Waals surface area contributed by atoms with E-state index in [0.29, 0.717) is 16.8 Å². The van der Waals surface area contributed by atoms with Crippen LogP contribution in [0, 0.1) is 0 Å². The van der Waals surface area contributed by atoms with E-state index in [1.165, 1.54) is 33.8 Å². The second kappa shape index (κ2) is 11.0. The fourth-order valence-electron chi connectivity index (χ4n) is 3.93. The molecule has 13 nitrogen and oxygen atoms in total. The summed E-state index contributed by atoms with van der Waals surface area (Å²) in [4.78, 5) is 70.4. The van der Waals surface area contributed by atoms with Crippen molar-refractivity contribution >= 4 is 46.0 Å². The van der Waals surface area contributed by atoms with Crippen molar-refractivity contribution in [3.05, 3.63) is 44.9 Å². The van der Waals surface area contributed by atoms with E-state index in [1.807, 2.05) is 18.7 Å². The van der Waals surface area contributed by atoms with E-state index in [2.05, 4.69) is 25.3 Å². The summed E-state index contributed by atoms with van der Waals surface area (Å²) in [6.45, 7) is 8.59. The first-order chi connectivity index (χ1) is 18.2. The van der Waals surface area contributed by atoms with E-state index in [1.54, 1.807) is 31.6 Å². The van der Waals surface area contributed by atoms with Crippen molar-refractivity contribution in [2.75, 3.05) is 23.3 Å². The average Bonchev–Trinajstić information content (AvgIpc) is 3.58. The van der Waals surface area contributed by atoms with Crippen LogP contribution < -0.4 is 21.5 Å². The molecule has 38 heavy (non-hydrogen) atoms. The molecule has 0 aliphatic heterocycles. The van der Waals surface area contributed by atoms with Crippen LogP contribution in [-0.2, 0) is 23.2 Å². The molecule has 4 aromatic heterocycles. The SMILES string of the molecule is CCC(=O)Cn1c(=O)c2c(ncn2C(C)C(=O)Nc2csc(-c3cnc(N(CC)CC)nc3)n2)n(C)c1=O. The van der Waals surface area contributed by atoms with E-state index < -0.39 is 23.2 Å². The van der Waals surface area contributed by atoms with Crippen molar-refractivity contribution in [2.24, 2.45) is 7.05 Å². The zero-order chi connectivity index (χ0) is 27.6. The van der Waals surface area contributed by atoms with Crippen LogP contribution in [0.1, 0.15) is 40.2 Å². The van der Waals surface area contributed by atoms with Gasteiger partial charge in [-0.2, -0.15) is 0 Å². The number of imidazole rings is 1. The smallest absolute Gasteiger partial charge is 0.332 e. The topological polar surface area (TPSA) is 150 Å². The number of hydrogen-bond donors (Lipinski definition) is 1. The van der Waals surface area contributed by atoms with Gasteiger partial charge in [0, 0.05) is 49.9 Å². The standard InChI is InChI=1S/C24H29N9O4S/c1-6-16(34)11-32-22(36)18-19(30(5)24(32)37)27-13-33(18)14(4)20(35)28-17-12-38-21(29-17)15-9-25-23(26-10-15)31(7-2)8-3/h9-10,12-14H,6-8,11H2,1-5H3,(H,28,35). The van der Waals surface area contributed by atoms with E-state index in [4.69, 9.17) is 0 Å². The van der Waals surface area contributed by atoms with Gasteiger partial charge in [-0.25, -0.2) is 24.7 Å². The molecule has 0 radical (unpaired) electrons. The van der Waals surface area contributed by atoms with Gasteiger partial charge in [-0.1, -0.05) is 6.92 Å². The zero-order valence-electron chi connectivity index (χ0n) is 21.8. The van der Waals surface area contributed by atoms with Crippen molar-refractivity contribution < 1.29 is 9.59 Å². The van der Waals surface area contributed by atoms with E-state index in [0.717, 1.165) is 23.2 Å². The van der Waals surface area contributed by atoms with Crippen LogP contribution in [0.3, 0.4) is 0 Å². The predicted octanol–water partition coefficient (Wildman–Crippen LogP) is 1.84. The summed E-state index contributed by atoms with van der Waals surface area (Å²) in [7, 11) is 1.47. The third-order valence-corrected chi connectivity index (χ3v) is 7.16. The van der Waals surface area contributed by atoms with Gasteiger partial charge in [0.1, 0.15) is 16.9 Å². The normalized spacial score (nSPS) is 12.0. The molecule has 0 fully saturated rings. The lowest BCUT2D eigenvalue weighted by molar-refractivity contribution is -0.120. The Morgan fingerprint density at radius 3 is 2.42 bits per heavy atom. The van der Waals surface area contributed by atoms with Gasteiger partial charge in [-0.05, 0) is 20.8 Å². The number of hydrogen-bond acceptors (Lipinski definition) is 10. The highest BCUT2D eigenvalue weighted by Crippen LogP contribution is 2.26. The van der Waals surface area contributed by atoms with Crippen LogP contribution in [0.4, 0.5) is 11.8 Å².